The number of carbonyl (C=O) groups excluding carboxylic acids is 2. The summed E-state index contributed by atoms with van der Waals surface area (Å²) in [7, 11) is 1.28. The van der Waals surface area contributed by atoms with Gasteiger partial charge in [-0.05, 0) is 20.8 Å². The van der Waals surface area contributed by atoms with Gasteiger partial charge in [-0.2, -0.15) is 0 Å². The molecule has 18 heavy (non-hydrogen) atoms. The maximum absolute atomic E-state index is 11.2. The van der Waals surface area contributed by atoms with Crippen LogP contribution in [0.5, 0.6) is 0 Å². The van der Waals surface area contributed by atoms with Gasteiger partial charge in [0.25, 0.3) is 0 Å². The minimum atomic E-state index is -0.676. The van der Waals surface area contributed by atoms with Crippen LogP contribution in [0.15, 0.2) is 0 Å². The zero-order valence-corrected chi connectivity index (χ0v) is 12.7. The molecule has 0 aliphatic heterocycles. The van der Waals surface area contributed by atoms with Crippen LogP contribution in [-0.2, 0) is 14.3 Å². The molecule has 108 valence electrons. The largest absolute Gasteiger partial charge is 0.468 e. The number of halogens is 1. The summed E-state index contributed by atoms with van der Waals surface area (Å²) in [5.41, 5.74) is 4.99. The van der Waals surface area contributed by atoms with Gasteiger partial charge in [-0.15, -0.1) is 24.2 Å². The van der Waals surface area contributed by atoms with Crippen molar-refractivity contribution in [3.8, 4) is 0 Å². The van der Waals surface area contributed by atoms with Gasteiger partial charge in [0.05, 0.1) is 13.0 Å². The topological polar surface area (TPSA) is 90.6 Å². The molecule has 0 saturated heterocycles. The first-order chi connectivity index (χ1) is 7.76. The third kappa shape index (κ3) is 10.5. The van der Waals surface area contributed by atoms with Gasteiger partial charge in [0.1, 0.15) is 11.6 Å². The summed E-state index contributed by atoms with van der Waals surface area (Å²) < 4.78 is 9.49. The molecule has 1 atom stereocenters. The molecule has 0 spiro atoms. The quantitative estimate of drug-likeness (QED) is 0.449. The summed E-state index contributed by atoms with van der Waals surface area (Å²) in [6.07, 6.45) is -0.489. The molecule has 0 radical (unpaired) electrons. The molecule has 0 aliphatic carbocycles. The Balaban J connectivity index is 0. The number of nitrogens with two attached hydrogens (primary N) is 1. The van der Waals surface area contributed by atoms with E-state index < -0.39 is 23.7 Å². The van der Waals surface area contributed by atoms with Crippen molar-refractivity contribution in [1.29, 1.82) is 0 Å². The summed E-state index contributed by atoms with van der Waals surface area (Å²) in [6.45, 7) is 5.35. The second-order valence-corrected chi connectivity index (χ2v) is 5.35. The Morgan fingerprint density at radius 3 is 2.39 bits per heavy atom. The van der Waals surface area contributed by atoms with Crippen LogP contribution in [0, 0.1) is 0 Å². The number of ether oxygens (including phenoxy) is 2. The molecule has 0 saturated carbocycles. The Hall–Kier alpha value is -0.660. The summed E-state index contributed by atoms with van der Waals surface area (Å²) in [6, 6.07) is -0.676. The number of esters is 1. The molecule has 0 heterocycles. The Kier molecular flexibility index (Phi) is 10.2. The fraction of sp³-hybridized carbons (Fsp3) is 0.800. The van der Waals surface area contributed by atoms with E-state index in [1.807, 2.05) is 0 Å². The Morgan fingerprint density at radius 1 is 1.39 bits per heavy atom. The molecule has 8 heteroatoms. The summed E-state index contributed by atoms with van der Waals surface area (Å²) in [4.78, 5) is 22.2. The third-order valence-corrected chi connectivity index (χ3v) is 2.46. The Morgan fingerprint density at radius 2 is 1.94 bits per heavy atom. The molecule has 0 fully saturated rings. The van der Waals surface area contributed by atoms with E-state index in [0.717, 1.165) is 0 Å². The zero-order valence-electron chi connectivity index (χ0n) is 11.0. The first kappa shape index (κ1) is 19.7. The van der Waals surface area contributed by atoms with E-state index in [4.69, 9.17) is 10.5 Å². The molecule has 3 N–H and O–H groups in total. The second kappa shape index (κ2) is 9.29. The Labute approximate surface area is 118 Å². The lowest BCUT2D eigenvalue weighted by atomic mass is 10.2. The lowest BCUT2D eigenvalue weighted by Gasteiger charge is -2.19. The standard InChI is InChI=1S/C10H20N2O4S.ClH/c1-10(2,3)16-9(14)12-6-17-5-7(11)8(13)15-4;/h7H,5-6,11H2,1-4H3,(H,12,14);1H/t7-;/m0./s1. The van der Waals surface area contributed by atoms with E-state index in [1.54, 1.807) is 20.8 Å². The van der Waals surface area contributed by atoms with Gasteiger partial charge >= 0.3 is 12.1 Å². The van der Waals surface area contributed by atoms with Crippen molar-refractivity contribution in [3.63, 3.8) is 0 Å². The van der Waals surface area contributed by atoms with Crippen molar-refractivity contribution >= 4 is 36.2 Å². The molecule has 0 aliphatic rings. The average molecular weight is 301 g/mol. The van der Waals surface area contributed by atoms with Gasteiger partial charge in [-0.3, -0.25) is 4.79 Å². The van der Waals surface area contributed by atoms with E-state index in [-0.39, 0.29) is 12.4 Å². The van der Waals surface area contributed by atoms with Crippen LogP contribution in [0.2, 0.25) is 0 Å². The number of hydrogen-bond donors (Lipinski definition) is 2. The predicted molar refractivity (Wildman–Crippen MR) is 73.9 cm³/mol. The maximum atomic E-state index is 11.2. The maximum Gasteiger partial charge on any atom is 0.408 e. The fourth-order valence-corrected chi connectivity index (χ4v) is 1.56. The molecule has 0 unspecified atom stereocenters. The van der Waals surface area contributed by atoms with Gasteiger partial charge in [-0.25, -0.2) is 4.79 Å². The highest BCUT2D eigenvalue weighted by Crippen LogP contribution is 2.07. The van der Waals surface area contributed by atoms with Gasteiger partial charge in [-0.1, -0.05) is 0 Å². The van der Waals surface area contributed by atoms with E-state index >= 15 is 0 Å². The van der Waals surface area contributed by atoms with Gasteiger partial charge in [0, 0.05) is 5.75 Å². The number of nitrogens with one attached hydrogen (secondary N) is 1. The molecule has 0 bridgehead atoms. The highest BCUT2D eigenvalue weighted by Gasteiger charge is 2.16. The van der Waals surface area contributed by atoms with Crippen molar-refractivity contribution in [1.82, 2.24) is 5.32 Å². The highest BCUT2D eigenvalue weighted by molar-refractivity contribution is 7.99. The van der Waals surface area contributed by atoms with Crippen LogP contribution < -0.4 is 11.1 Å². The van der Waals surface area contributed by atoms with Gasteiger partial charge < -0.3 is 20.5 Å². The Bertz CT molecular complexity index is 271. The fourth-order valence-electron chi connectivity index (χ4n) is 0.829. The molecule has 1 amide bonds. The zero-order chi connectivity index (χ0) is 13.5. The molecule has 0 aromatic heterocycles. The van der Waals surface area contributed by atoms with Crippen LogP contribution in [-0.4, -0.2) is 42.4 Å². The van der Waals surface area contributed by atoms with Crippen LogP contribution in [0.3, 0.4) is 0 Å². The molecule has 0 aromatic carbocycles. The van der Waals surface area contributed by atoms with Gasteiger partial charge in [0.15, 0.2) is 0 Å². The monoisotopic (exact) mass is 300 g/mol. The first-order valence-electron chi connectivity index (χ1n) is 5.14. The van der Waals surface area contributed by atoms with Crippen molar-refractivity contribution in [2.75, 3.05) is 18.7 Å². The SMILES string of the molecule is COC(=O)[C@@H](N)CSCNC(=O)OC(C)(C)C.Cl. The summed E-state index contributed by atoms with van der Waals surface area (Å²) in [5, 5.41) is 2.55. The number of rotatable bonds is 5. The summed E-state index contributed by atoms with van der Waals surface area (Å²) in [5.74, 6) is 0.247. The first-order valence-corrected chi connectivity index (χ1v) is 6.29. The van der Waals surface area contributed by atoms with Gasteiger partial charge in [0.2, 0.25) is 0 Å². The number of thioether (sulfide) groups is 1. The molecular formula is C10H21ClN2O4S. The lowest BCUT2D eigenvalue weighted by molar-refractivity contribution is -0.141. The minimum Gasteiger partial charge on any atom is -0.468 e. The van der Waals surface area contributed by atoms with Crippen LogP contribution in [0.25, 0.3) is 0 Å². The smallest absolute Gasteiger partial charge is 0.408 e. The number of amides is 1. The summed E-state index contributed by atoms with van der Waals surface area (Å²) >= 11 is 1.32. The van der Waals surface area contributed by atoms with E-state index in [2.05, 4.69) is 10.1 Å². The van der Waals surface area contributed by atoms with Crippen molar-refractivity contribution in [2.45, 2.75) is 32.4 Å². The van der Waals surface area contributed by atoms with Crippen molar-refractivity contribution < 1.29 is 19.1 Å². The third-order valence-electron chi connectivity index (χ3n) is 1.52. The lowest BCUT2D eigenvalue weighted by Crippen LogP contribution is -2.35. The van der Waals surface area contributed by atoms with E-state index in [1.165, 1.54) is 18.9 Å². The minimum absolute atomic E-state index is 0. The van der Waals surface area contributed by atoms with Crippen LogP contribution >= 0.6 is 24.2 Å². The number of carbonyl (C=O) groups is 2. The average Bonchev–Trinajstić information content (AvgIpc) is 2.20. The number of hydrogen-bond acceptors (Lipinski definition) is 6. The molecule has 6 nitrogen and oxygen atoms in total. The van der Waals surface area contributed by atoms with Crippen molar-refractivity contribution in [3.05, 3.63) is 0 Å². The van der Waals surface area contributed by atoms with Crippen LogP contribution in [0.4, 0.5) is 4.79 Å². The predicted octanol–water partition coefficient (Wildman–Crippen LogP) is 1.12. The van der Waals surface area contributed by atoms with Crippen molar-refractivity contribution in [2.24, 2.45) is 5.73 Å². The van der Waals surface area contributed by atoms with E-state index in [0.29, 0.717) is 11.6 Å². The van der Waals surface area contributed by atoms with Crippen LogP contribution in [0.1, 0.15) is 20.8 Å². The molecule has 0 aromatic rings. The second-order valence-electron chi connectivity index (χ2n) is 4.32. The highest BCUT2D eigenvalue weighted by atomic mass is 35.5. The number of alkyl carbamates (subject to hydrolysis) is 1. The molecular weight excluding hydrogens is 280 g/mol. The van der Waals surface area contributed by atoms with E-state index in [9.17, 15) is 9.59 Å². The molecule has 0 rings (SSSR count). The normalized spacial score (nSPS) is 12.1. The number of methoxy groups -OCH3 is 1.